The Labute approximate surface area is 206 Å². The zero-order valence-electron chi connectivity index (χ0n) is 22.0. The van der Waals surface area contributed by atoms with Gasteiger partial charge in [0.2, 0.25) is 5.95 Å². The van der Waals surface area contributed by atoms with Gasteiger partial charge in [0.05, 0.1) is 0 Å². The number of benzene rings is 1. The lowest BCUT2D eigenvalue weighted by Gasteiger charge is -2.36. The fourth-order valence-corrected chi connectivity index (χ4v) is 4.35. The minimum absolute atomic E-state index is 0.141. The van der Waals surface area contributed by atoms with Gasteiger partial charge < -0.3 is 21.3 Å². The molecule has 34 heavy (non-hydrogen) atoms. The monoisotopic (exact) mass is 467 g/mol. The first-order valence-electron chi connectivity index (χ1n) is 12.9. The number of nitrogen functional groups attached to an aromatic ring is 1. The van der Waals surface area contributed by atoms with Crippen LogP contribution < -0.4 is 21.3 Å². The van der Waals surface area contributed by atoms with Crippen LogP contribution in [0.4, 0.5) is 17.5 Å². The van der Waals surface area contributed by atoms with Gasteiger partial charge in [-0.05, 0) is 71.2 Å². The van der Waals surface area contributed by atoms with Crippen LogP contribution in [0.2, 0.25) is 0 Å². The summed E-state index contributed by atoms with van der Waals surface area (Å²) in [6.45, 7) is 18.1. The quantitative estimate of drug-likeness (QED) is 0.427. The van der Waals surface area contributed by atoms with E-state index in [1.165, 1.54) is 16.8 Å². The third-order valence-corrected chi connectivity index (χ3v) is 6.45. The van der Waals surface area contributed by atoms with E-state index in [1.807, 2.05) is 6.92 Å². The van der Waals surface area contributed by atoms with Gasteiger partial charge in [0.1, 0.15) is 5.82 Å². The number of nitrogens with one attached hydrogen (secondary N) is 2. The van der Waals surface area contributed by atoms with E-state index in [4.69, 9.17) is 5.73 Å². The third-order valence-electron chi connectivity index (χ3n) is 6.45. The zero-order chi connectivity index (χ0) is 24.6. The number of anilines is 3. The number of hydrogen-bond acceptors (Lipinski definition) is 7. The minimum Gasteiger partial charge on any atom is -0.370 e. The lowest BCUT2D eigenvalue weighted by molar-refractivity contribution is 0.255. The Kier molecular flexibility index (Phi) is 9.54. The maximum absolute atomic E-state index is 5.90. The zero-order valence-corrected chi connectivity index (χ0v) is 22.0. The van der Waals surface area contributed by atoms with Gasteiger partial charge in [-0.25, -0.2) is 4.98 Å². The summed E-state index contributed by atoms with van der Waals surface area (Å²) in [5.41, 5.74) is 10.9. The number of unbranched alkanes of at least 4 members (excludes halogenated alkanes) is 1. The van der Waals surface area contributed by atoms with E-state index in [0.717, 1.165) is 83.0 Å². The molecule has 0 aliphatic carbocycles. The molecule has 1 aromatic carbocycles. The van der Waals surface area contributed by atoms with Crippen molar-refractivity contribution in [2.75, 3.05) is 55.2 Å². The summed E-state index contributed by atoms with van der Waals surface area (Å²) in [5.74, 6) is 1.28. The van der Waals surface area contributed by atoms with Gasteiger partial charge in [0.15, 0.2) is 0 Å². The highest BCUT2D eigenvalue weighted by Gasteiger charge is 2.18. The van der Waals surface area contributed by atoms with Crippen LogP contribution in [0.5, 0.6) is 0 Å². The highest BCUT2D eigenvalue weighted by Crippen LogP contribution is 2.21. The van der Waals surface area contributed by atoms with Gasteiger partial charge in [-0.2, -0.15) is 4.98 Å². The van der Waals surface area contributed by atoms with Crippen LogP contribution >= 0.6 is 0 Å². The van der Waals surface area contributed by atoms with Gasteiger partial charge in [-0.3, -0.25) is 4.90 Å². The molecular formula is C27H45N7. The molecule has 0 atom stereocenters. The molecule has 7 heteroatoms. The molecule has 0 saturated carbocycles. The first-order valence-corrected chi connectivity index (χ1v) is 12.9. The smallest absolute Gasteiger partial charge is 0.222 e. The second-order valence-electron chi connectivity index (χ2n) is 10.5. The molecule has 3 rings (SSSR count). The van der Waals surface area contributed by atoms with E-state index in [1.54, 1.807) is 0 Å². The molecule has 0 spiro atoms. The van der Waals surface area contributed by atoms with Crippen LogP contribution in [0, 0.1) is 6.92 Å². The summed E-state index contributed by atoms with van der Waals surface area (Å²) in [6.07, 6.45) is 4.37. The molecule has 0 radical (unpaired) electrons. The first-order chi connectivity index (χ1) is 16.2. The predicted molar refractivity (Wildman–Crippen MR) is 145 cm³/mol. The van der Waals surface area contributed by atoms with Gasteiger partial charge in [0, 0.05) is 61.8 Å². The molecule has 0 bridgehead atoms. The number of hydrogen-bond donors (Lipinski definition) is 3. The molecule has 2 heterocycles. The number of aromatic nitrogens is 2. The Balaban J connectivity index is 1.45. The van der Waals surface area contributed by atoms with E-state index in [-0.39, 0.29) is 5.54 Å². The maximum Gasteiger partial charge on any atom is 0.222 e. The van der Waals surface area contributed by atoms with Gasteiger partial charge >= 0.3 is 0 Å². The lowest BCUT2D eigenvalue weighted by Crippen LogP contribution is -2.46. The molecule has 0 amide bonds. The van der Waals surface area contributed by atoms with Gasteiger partial charge in [0.25, 0.3) is 0 Å². The molecule has 1 aliphatic heterocycles. The van der Waals surface area contributed by atoms with Crippen LogP contribution in [0.3, 0.4) is 0 Å². The van der Waals surface area contributed by atoms with Crippen LogP contribution in [0.25, 0.3) is 0 Å². The summed E-state index contributed by atoms with van der Waals surface area (Å²) < 4.78 is 0. The average Bonchev–Trinajstić information content (AvgIpc) is 2.80. The van der Waals surface area contributed by atoms with Crippen molar-refractivity contribution in [1.29, 1.82) is 0 Å². The Morgan fingerprint density at radius 3 is 2.35 bits per heavy atom. The summed E-state index contributed by atoms with van der Waals surface area (Å²) in [4.78, 5) is 14.0. The van der Waals surface area contributed by atoms with Crippen molar-refractivity contribution in [2.45, 2.75) is 72.4 Å². The predicted octanol–water partition coefficient (Wildman–Crippen LogP) is 4.22. The highest BCUT2D eigenvalue weighted by atomic mass is 15.3. The number of nitrogens with zero attached hydrogens (tertiary/aromatic N) is 4. The molecule has 1 fully saturated rings. The summed E-state index contributed by atoms with van der Waals surface area (Å²) >= 11 is 0. The first kappa shape index (κ1) is 26.2. The molecule has 1 aliphatic rings. The van der Waals surface area contributed by atoms with E-state index in [9.17, 15) is 0 Å². The van der Waals surface area contributed by atoms with Crippen molar-refractivity contribution in [1.82, 2.24) is 20.2 Å². The maximum atomic E-state index is 5.90. The van der Waals surface area contributed by atoms with Gasteiger partial charge in [-0.15, -0.1) is 0 Å². The fourth-order valence-electron chi connectivity index (χ4n) is 4.35. The second-order valence-corrected chi connectivity index (χ2v) is 10.5. The van der Waals surface area contributed by atoms with Crippen molar-refractivity contribution in [3.8, 4) is 0 Å². The van der Waals surface area contributed by atoms with Crippen molar-refractivity contribution in [3.05, 3.63) is 41.1 Å². The van der Waals surface area contributed by atoms with Crippen molar-refractivity contribution in [3.63, 3.8) is 0 Å². The van der Waals surface area contributed by atoms with E-state index >= 15 is 0 Å². The van der Waals surface area contributed by atoms with Crippen molar-refractivity contribution in [2.24, 2.45) is 0 Å². The molecule has 1 saturated heterocycles. The average molecular weight is 468 g/mol. The number of rotatable bonds is 11. The topological polar surface area (TPSA) is 82.3 Å². The normalized spacial score (nSPS) is 15.0. The van der Waals surface area contributed by atoms with E-state index < -0.39 is 0 Å². The number of nitrogens with two attached hydrogens (primary N) is 1. The van der Waals surface area contributed by atoms with E-state index in [0.29, 0.717) is 5.95 Å². The Morgan fingerprint density at radius 2 is 1.71 bits per heavy atom. The van der Waals surface area contributed by atoms with Crippen LogP contribution in [0.1, 0.15) is 63.8 Å². The van der Waals surface area contributed by atoms with Crippen LogP contribution in [0.15, 0.2) is 24.3 Å². The van der Waals surface area contributed by atoms with Crippen molar-refractivity contribution >= 4 is 17.5 Å². The Hall–Kier alpha value is -2.38. The SMILES string of the molecule is CCCCNc1nc(N)nc(C)c1CCCN1CCN(c2ccc(CNC(C)(C)C)cc2)CC1. The fraction of sp³-hybridized carbons (Fsp3) is 0.630. The summed E-state index contributed by atoms with van der Waals surface area (Å²) in [6, 6.07) is 9.05. The minimum atomic E-state index is 0.141. The van der Waals surface area contributed by atoms with Crippen LogP contribution in [-0.4, -0.2) is 59.7 Å². The molecule has 4 N–H and O–H groups in total. The molecule has 188 valence electrons. The molecule has 1 aromatic heterocycles. The number of aryl methyl sites for hydroxylation is 1. The standard InChI is InChI=1S/C27H45N7/c1-6-7-14-29-25-24(21(2)31-26(28)32-25)9-8-15-33-16-18-34(19-17-33)23-12-10-22(11-13-23)20-30-27(3,4)5/h10-13,30H,6-9,14-20H2,1-5H3,(H3,28,29,31,32). The Morgan fingerprint density at radius 1 is 1.00 bits per heavy atom. The molecule has 7 nitrogen and oxygen atoms in total. The molecule has 0 unspecified atom stereocenters. The highest BCUT2D eigenvalue weighted by molar-refractivity contribution is 5.50. The lowest BCUT2D eigenvalue weighted by atomic mass is 10.1. The van der Waals surface area contributed by atoms with Gasteiger partial charge in [-0.1, -0.05) is 25.5 Å². The molecular weight excluding hydrogens is 422 g/mol. The summed E-state index contributed by atoms with van der Waals surface area (Å²) in [7, 11) is 0. The third kappa shape index (κ3) is 8.13. The molecule has 2 aromatic rings. The van der Waals surface area contributed by atoms with Crippen molar-refractivity contribution < 1.29 is 0 Å². The van der Waals surface area contributed by atoms with Crippen LogP contribution in [-0.2, 0) is 13.0 Å². The Bertz CT molecular complexity index is 881. The second kappa shape index (κ2) is 12.4. The number of piperazine rings is 1. The largest absolute Gasteiger partial charge is 0.370 e. The summed E-state index contributed by atoms with van der Waals surface area (Å²) in [5, 5.41) is 7.03. The van der Waals surface area contributed by atoms with E-state index in [2.05, 4.69) is 82.4 Å².